The highest BCUT2D eigenvalue weighted by Crippen LogP contribution is 2.46. The largest absolute Gasteiger partial charge is 0.384 e. The first-order chi connectivity index (χ1) is 11.6. The molecule has 4 unspecified atom stereocenters. The van der Waals surface area contributed by atoms with Gasteiger partial charge in [0.15, 0.2) is 6.10 Å². The van der Waals surface area contributed by atoms with Crippen LogP contribution in [0.4, 0.5) is 14.6 Å². The molecule has 1 aliphatic rings. The molecule has 0 spiro atoms. The van der Waals surface area contributed by atoms with Crippen molar-refractivity contribution >= 4 is 13.4 Å². The van der Waals surface area contributed by atoms with Crippen LogP contribution in [0.25, 0.3) is 0 Å². The maximum atomic E-state index is 14.2. The van der Waals surface area contributed by atoms with Crippen molar-refractivity contribution in [3.63, 3.8) is 0 Å². The van der Waals surface area contributed by atoms with Crippen molar-refractivity contribution in [2.24, 2.45) is 0 Å². The molecule has 10 nitrogen and oxygen atoms in total. The van der Waals surface area contributed by atoms with E-state index in [4.69, 9.17) is 15.2 Å². The van der Waals surface area contributed by atoms with E-state index in [2.05, 4.69) is 9.51 Å². The minimum absolute atomic E-state index is 0.156. The molecule has 0 radical (unpaired) electrons. The Balaban J connectivity index is 2.13. The topological polar surface area (TPSA) is 146 Å². The van der Waals surface area contributed by atoms with E-state index in [9.17, 15) is 28.1 Å². The van der Waals surface area contributed by atoms with E-state index in [0.717, 1.165) is 12.3 Å². The molecule has 142 valence electrons. The van der Waals surface area contributed by atoms with Gasteiger partial charge >= 0.3 is 19.2 Å². The molecule has 13 heteroatoms. The van der Waals surface area contributed by atoms with Gasteiger partial charge in [0.05, 0.1) is 6.61 Å². The fourth-order valence-electron chi connectivity index (χ4n) is 2.14. The molecule has 25 heavy (non-hydrogen) atoms. The number of anilines is 1. The van der Waals surface area contributed by atoms with Crippen LogP contribution in [-0.4, -0.2) is 57.2 Å². The highest BCUT2D eigenvalue weighted by atomic mass is 31.2. The average molecular weight is 385 g/mol. The summed E-state index contributed by atoms with van der Waals surface area (Å²) in [4.78, 5) is 24.5. The first kappa shape index (κ1) is 19.9. The smallest absolute Gasteiger partial charge is 0.353 e. The van der Waals surface area contributed by atoms with Crippen LogP contribution in [0.1, 0.15) is 13.2 Å². The summed E-state index contributed by atoms with van der Waals surface area (Å²) in [6.07, 6.45) is -5.86. The van der Waals surface area contributed by atoms with Gasteiger partial charge in [-0.05, 0) is 13.0 Å². The van der Waals surface area contributed by atoms with Crippen LogP contribution in [0, 0.1) is 0 Å². The van der Waals surface area contributed by atoms with Crippen molar-refractivity contribution in [1.82, 2.24) is 9.55 Å². The number of hydrogen-bond acceptors (Lipinski definition) is 8. The van der Waals surface area contributed by atoms with E-state index in [-0.39, 0.29) is 12.4 Å². The number of aliphatic hydroxyl groups is 1. The van der Waals surface area contributed by atoms with Crippen LogP contribution in [0.15, 0.2) is 17.1 Å². The number of aliphatic hydroxyl groups excluding tert-OH is 1. The zero-order valence-corrected chi connectivity index (χ0v) is 14.0. The number of rotatable bonds is 7. The number of nitrogens with two attached hydrogens (primary N) is 1. The van der Waals surface area contributed by atoms with Gasteiger partial charge in [0, 0.05) is 12.8 Å². The molecule has 0 aliphatic carbocycles. The fourth-order valence-corrected chi connectivity index (χ4v) is 3.01. The molecule has 4 atom stereocenters. The molecule has 2 rings (SSSR count). The second kappa shape index (κ2) is 7.44. The zero-order chi connectivity index (χ0) is 18.8. The Hall–Kier alpha value is -1.43. The van der Waals surface area contributed by atoms with E-state index in [1.165, 1.54) is 0 Å². The third kappa shape index (κ3) is 4.40. The Kier molecular flexibility index (Phi) is 5.92. The fraction of sp³-hybridized carbons (Fsp3) is 0.667. The maximum Gasteiger partial charge on any atom is 0.353 e. The molecule has 0 saturated carbocycles. The minimum atomic E-state index is -4.19. The molecular formula is C12H18F2N3O7P. The predicted molar refractivity (Wildman–Crippen MR) is 80.0 cm³/mol. The number of ether oxygens (including phenoxy) is 2. The molecule has 1 saturated heterocycles. The average Bonchev–Trinajstić information content (AvgIpc) is 2.75. The summed E-state index contributed by atoms with van der Waals surface area (Å²) in [6.45, 7) is 0.947. The minimum Gasteiger partial charge on any atom is -0.384 e. The number of aromatic nitrogens is 2. The molecule has 2 heterocycles. The molecular weight excluding hydrogens is 367 g/mol. The van der Waals surface area contributed by atoms with E-state index >= 15 is 0 Å². The van der Waals surface area contributed by atoms with Crippen LogP contribution in [-0.2, 0) is 18.6 Å². The lowest BCUT2D eigenvalue weighted by atomic mass is 10.1. The van der Waals surface area contributed by atoms with Crippen LogP contribution in [0.2, 0.25) is 0 Å². The number of nitrogens with zero attached hydrogens (tertiary/aromatic N) is 2. The normalized spacial score (nSPS) is 28.0. The second-order valence-corrected chi connectivity index (χ2v) is 7.03. The number of hydrogen-bond donors (Lipinski definition) is 3. The molecule has 1 aliphatic heterocycles. The molecule has 4 N–H and O–H groups in total. The summed E-state index contributed by atoms with van der Waals surface area (Å²) < 4.78 is 55.0. The van der Waals surface area contributed by atoms with Gasteiger partial charge in [0.2, 0.25) is 6.23 Å². The molecule has 1 fully saturated rings. The first-order valence-corrected chi connectivity index (χ1v) is 8.95. The SMILES string of the molecule is CCOCP(=O)(O)OCC1OC(n2ccc(N)nc2=O)C(F)(F)C1O. The first-order valence-electron chi connectivity index (χ1n) is 7.18. The van der Waals surface area contributed by atoms with E-state index < -0.39 is 50.6 Å². The molecule has 1 aromatic rings. The van der Waals surface area contributed by atoms with Crippen molar-refractivity contribution in [3.05, 3.63) is 22.7 Å². The summed E-state index contributed by atoms with van der Waals surface area (Å²) >= 11 is 0. The molecule has 1 aromatic heterocycles. The van der Waals surface area contributed by atoms with Gasteiger partial charge in [-0.25, -0.2) is 4.79 Å². The second-order valence-electron chi connectivity index (χ2n) is 5.24. The van der Waals surface area contributed by atoms with Crippen molar-refractivity contribution < 1.29 is 37.3 Å². The number of alkyl halides is 2. The third-order valence-corrected chi connectivity index (χ3v) is 4.44. The molecule has 0 amide bonds. The quantitative estimate of drug-likeness (QED) is 0.548. The van der Waals surface area contributed by atoms with Crippen LogP contribution < -0.4 is 11.4 Å². The van der Waals surface area contributed by atoms with Gasteiger partial charge in [-0.15, -0.1) is 0 Å². The van der Waals surface area contributed by atoms with Gasteiger partial charge in [-0.3, -0.25) is 9.13 Å². The Morgan fingerprint density at radius 1 is 1.56 bits per heavy atom. The Morgan fingerprint density at radius 3 is 2.84 bits per heavy atom. The van der Waals surface area contributed by atoms with E-state index in [1.807, 2.05) is 0 Å². The summed E-state index contributed by atoms with van der Waals surface area (Å²) in [6, 6.07) is 1.11. The molecule has 0 bridgehead atoms. The van der Waals surface area contributed by atoms with E-state index in [1.54, 1.807) is 6.92 Å². The predicted octanol–water partition coefficient (Wildman–Crippen LogP) is -0.0849. The number of halogens is 2. The van der Waals surface area contributed by atoms with Crippen molar-refractivity contribution in [2.75, 3.05) is 25.3 Å². The van der Waals surface area contributed by atoms with Crippen molar-refractivity contribution in [2.45, 2.75) is 31.3 Å². The Bertz CT molecular complexity index is 716. The lowest BCUT2D eigenvalue weighted by Gasteiger charge is -2.20. The summed E-state index contributed by atoms with van der Waals surface area (Å²) in [5, 5.41) is 9.75. The Morgan fingerprint density at radius 2 is 2.24 bits per heavy atom. The lowest BCUT2D eigenvalue weighted by molar-refractivity contribution is -0.140. The van der Waals surface area contributed by atoms with Gasteiger partial charge in [-0.1, -0.05) is 0 Å². The zero-order valence-electron chi connectivity index (χ0n) is 13.1. The third-order valence-electron chi connectivity index (χ3n) is 3.38. The highest BCUT2D eigenvalue weighted by Gasteiger charge is 2.60. The van der Waals surface area contributed by atoms with Crippen molar-refractivity contribution in [1.29, 1.82) is 0 Å². The van der Waals surface area contributed by atoms with E-state index in [0.29, 0.717) is 4.57 Å². The summed E-state index contributed by atoms with van der Waals surface area (Å²) in [5.74, 6) is -4.03. The van der Waals surface area contributed by atoms with Crippen LogP contribution in [0.5, 0.6) is 0 Å². The standard InChI is InChI=1S/C12H18F2N3O7P/c1-2-22-6-25(20,21)23-5-7-9(18)12(13,14)10(24-7)17-4-3-8(15)16-11(17)19/h3-4,7,9-10,18H,2,5-6H2,1H3,(H,20,21)(H2,15,16,19). The molecule has 0 aromatic carbocycles. The summed E-state index contributed by atoms with van der Waals surface area (Å²) in [7, 11) is -4.19. The lowest BCUT2D eigenvalue weighted by Crippen LogP contribution is -2.42. The van der Waals surface area contributed by atoms with Gasteiger partial charge in [0.25, 0.3) is 0 Å². The monoisotopic (exact) mass is 385 g/mol. The van der Waals surface area contributed by atoms with Crippen molar-refractivity contribution in [3.8, 4) is 0 Å². The number of nitrogen functional groups attached to an aromatic ring is 1. The van der Waals surface area contributed by atoms with Crippen LogP contribution in [0.3, 0.4) is 0 Å². The van der Waals surface area contributed by atoms with Crippen LogP contribution >= 0.6 is 7.60 Å². The maximum absolute atomic E-state index is 14.2. The Labute approximate surface area is 140 Å². The van der Waals surface area contributed by atoms with Gasteiger partial charge in [-0.2, -0.15) is 13.8 Å². The van der Waals surface area contributed by atoms with Gasteiger partial charge < -0.3 is 29.7 Å². The van der Waals surface area contributed by atoms with Gasteiger partial charge in [0.1, 0.15) is 18.3 Å². The summed E-state index contributed by atoms with van der Waals surface area (Å²) in [5.41, 5.74) is 4.20. The highest BCUT2D eigenvalue weighted by molar-refractivity contribution is 7.52.